The molecule has 2 rings (SSSR count). The highest BCUT2D eigenvalue weighted by Crippen LogP contribution is 2.28. The molecule has 14 heavy (non-hydrogen) atoms. The van der Waals surface area contributed by atoms with E-state index >= 15 is 0 Å². The Balaban J connectivity index is 2.31. The van der Waals surface area contributed by atoms with Gasteiger partial charge in [-0.3, -0.25) is 0 Å². The minimum absolute atomic E-state index is 0.170. The third-order valence-corrected chi connectivity index (χ3v) is 2.35. The highest BCUT2D eigenvalue weighted by atomic mass is 19.1. The number of halogens is 2. The van der Waals surface area contributed by atoms with Crippen LogP contribution in [0.3, 0.4) is 0 Å². The van der Waals surface area contributed by atoms with Gasteiger partial charge in [0.1, 0.15) is 11.6 Å². The largest absolute Gasteiger partial charge is 0.372 e. The molecular formula is C10H11F2NO. The summed E-state index contributed by atoms with van der Waals surface area (Å²) in [6.45, 7) is 0.546. The summed E-state index contributed by atoms with van der Waals surface area (Å²) in [6, 6.07) is 3.19. The van der Waals surface area contributed by atoms with Gasteiger partial charge in [-0.15, -0.1) is 0 Å². The van der Waals surface area contributed by atoms with Gasteiger partial charge in [-0.2, -0.15) is 0 Å². The third-order valence-electron chi connectivity index (χ3n) is 2.35. The van der Waals surface area contributed by atoms with E-state index in [1.165, 1.54) is 12.1 Å². The molecule has 0 aromatic heterocycles. The first kappa shape index (κ1) is 9.55. The average molecular weight is 199 g/mol. The third kappa shape index (κ3) is 1.76. The van der Waals surface area contributed by atoms with E-state index in [2.05, 4.69) is 0 Å². The fourth-order valence-corrected chi connectivity index (χ4v) is 1.69. The van der Waals surface area contributed by atoms with E-state index in [1.54, 1.807) is 0 Å². The number of rotatable bonds is 1. The van der Waals surface area contributed by atoms with Crippen molar-refractivity contribution in [1.29, 1.82) is 0 Å². The van der Waals surface area contributed by atoms with Gasteiger partial charge in [0.15, 0.2) is 0 Å². The van der Waals surface area contributed by atoms with Crippen LogP contribution in [0.4, 0.5) is 8.78 Å². The van der Waals surface area contributed by atoms with Crippen LogP contribution < -0.4 is 5.73 Å². The Morgan fingerprint density at radius 1 is 1.21 bits per heavy atom. The van der Waals surface area contributed by atoms with Gasteiger partial charge in [0.2, 0.25) is 0 Å². The summed E-state index contributed by atoms with van der Waals surface area (Å²) in [5.41, 5.74) is 6.22. The first-order valence-corrected chi connectivity index (χ1v) is 4.50. The van der Waals surface area contributed by atoms with Gasteiger partial charge in [-0.25, -0.2) is 8.78 Å². The lowest BCUT2D eigenvalue weighted by Crippen LogP contribution is -2.23. The number of hydrogen-bond acceptors (Lipinski definition) is 2. The second-order valence-corrected chi connectivity index (χ2v) is 3.45. The zero-order valence-corrected chi connectivity index (χ0v) is 7.54. The molecule has 1 aromatic carbocycles. The van der Waals surface area contributed by atoms with Crippen LogP contribution in [-0.2, 0) is 4.74 Å². The molecule has 4 heteroatoms. The van der Waals surface area contributed by atoms with Gasteiger partial charge in [0.05, 0.1) is 6.10 Å². The summed E-state index contributed by atoms with van der Waals surface area (Å²) in [6.07, 6.45) is 0.350. The molecule has 1 fully saturated rings. The standard InChI is InChI=1S/C10H11F2NO/c11-7-3-6(4-8(12)5-7)10-9(13)1-2-14-10/h3-5,9-10H,1-2,13H2. The molecule has 2 nitrogen and oxygen atoms in total. The van der Waals surface area contributed by atoms with E-state index in [1.807, 2.05) is 0 Å². The number of ether oxygens (including phenoxy) is 1. The van der Waals surface area contributed by atoms with Crippen molar-refractivity contribution in [3.63, 3.8) is 0 Å². The summed E-state index contributed by atoms with van der Waals surface area (Å²) in [5, 5.41) is 0. The van der Waals surface area contributed by atoms with Crippen LogP contribution >= 0.6 is 0 Å². The van der Waals surface area contributed by atoms with Gasteiger partial charge in [0.25, 0.3) is 0 Å². The maximum Gasteiger partial charge on any atom is 0.126 e. The highest BCUT2D eigenvalue weighted by Gasteiger charge is 2.27. The van der Waals surface area contributed by atoms with Gasteiger partial charge in [-0.05, 0) is 24.1 Å². The predicted molar refractivity (Wildman–Crippen MR) is 47.6 cm³/mol. The molecule has 1 aliphatic rings. The second kappa shape index (κ2) is 3.63. The number of nitrogens with two attached hydrogens (primary N) is 1. The summed E-state index contributed by atoms with van der Waals surface area (Å²) in [4.78, 5) is 0. The van der Waals surface area contributed by atoms with Crippen molar-refractivity contribution in [2.45, 2.75) is 18.6 Å². The Morgan fingerprint density at radius 3 is 2.36 bits per heavy atom. The molecule has 0 saturated carbocycles. The maximum atomic E-state index is 12.9. The van der Waals surface area contributed by atoms with E-state index in [0.717, 1.165) is 12.5 Å². The molecule has 1 aliphatic heterocycles. The van der Waals surface area contributed by atoms with E-state index in [4.69, 9.17) is 10.5 Å². The fourth-order valence-electron chi connectivity index (χ4n) is 1.69. The van der Waals surface area contributed by atoms with Gasteiger partial charge >= 0.3 is 0 Å². The van der Waals surface area contributed by atoms with Crippen LogP contribution in [0.1, 0.15) is 18.1 Å². The highest BCUT2D eigenvalue weighted by molar-refractivity contribution is 5.22. The minimum Gasteiger partial charge on any atom is -0.372 e. The van der Waals surface area contributed by atoms with E-state index in [-0.39, 0.29) is 12.1 Å². The Hall–Kier alpha value is -1.00. The smallest absolute Gasteiger partial charge is 0.126 e. The van der Waals surface area contributed by atoms with Crippen molar-refractivity contribution >= 4 is 0 Å². The van der Waals surface area contributed by atoms with Crippen molar-refractivity contribution in [2.75, 3.05) is 6.61 Å². The van der Waals surface area contributed by atoms with Crippen molar-refractivity contribution in [3.8, 4) is 0 Å². The molecule has 1 aromatic rings. The topological polar surface area (TPSA) is 35.2 Å². The predicted octanol–water partition coefficient (Wildman–Crippen LogP) is 1.75. The zero-order chi connectivity index (χ0) is 10.1. The molecule has 0 amide bonds. The van der Waals surface area contributed by atoms with E-state index in [9.17, 15) is 8.78 Å². The minimum atomic E-state index is -0.595. The van der Waals surface area contributed by atoms with Gasteiger partial charge < -0.3 is 10.5 Å². The summed E-state index contributed by atoms with van der Waals surface area (Å²) in [5.74, 6) is -1.19. The van der Waals surface area contributed by atoms with Crippen LogP contribution in [-0.4, -0.2) is 12.6 Å². The Morgan fingerprint density at radius 2 is 1.86 bits per heavy atom. The molecule has 1 heterocycles. The molecular weight excluding hydrogens is 188 g/mol. The molecule has 0 spiro atoms. The van der Waals surface area contributed by atoms with Gasteiger partial charge in [-0.1, -0.05) is 0 Å². The van der Waals surface area contributed by atoms with Crippen molar-refractivity contribution in [2.24, 2.45) is 5.73 Å². The molecule has 76 valence electrons. The van der Waals surface area contributed by atoms with Gasteiger partial charge in [0, 0.05) is 18.7 Å². The van der Waals surface area contributed by atoms with Crippen molar-refractivity contribution in [3.05, 3.63) is 35.4 Å². The average Bonchev–Trinajstić information content (AvgIpc) is 2.49. The van der Waals surface area contributed by atoms with Crippen LogP contribution in [0, 0.1) is 11.6 Å². The second-order valence-electron chi connectivity index (χ2n) is 3.45. The first-order chi connectivity index (χ1) is 6.66. The zero-order valence-electron chi connectivity index (χ0n) is 7.54. The van der Waals surface area contributed by atoms with Crippen LogP contribution in [0.15, 0.2) is 18.2 Å². The van der Waals surface area contributed by atoms with E-state index < -0.39 is 11.6 Å². The molecule has 2 N–H and O–H groups in total. The molecule has 1 saturated heterocycles. The summed E-state index contributed by atoms with van der Waals surface area (Å²) in [7, 11) is 0. The lowest BCUT2D eigenvalue weighted by atomic mass is 10.0. The normalized spacial score (nSPS) is 26.8. The Labute approximate surface area is 80.7 Å². The van der Waals surface area contributed by atoms with Crippen molar-refractivity contribution in [1.82, 2.24) is 0 Å². The molecule has 0 bridgehead atoms. The number of hydrogen-bond donors (Lipinski definition) is 1. The summed E-state index contributed by atoms with van der Waals surface area (Å²) < 4.78 is 31.0. The quantitative estimate of drug-likeness (QED) is 0.747. The first-order valence-electron chi connectivity index (χ1n) is 4.50. The number of benzene rings is 1. The van der Waals surface area contributed by atoms with E-state index in [0.29, 0.717) is 12.2 Å². The molecule has 0 aliphatic carbocycles. The lowest BCUT2D eigenvalue weighted by molar-refractivity contribution is 0.104. The van der Waals surface area contributed by atoms with Crippen LogP contribution in [0.2, 0.25) is 0 Å². The monoisotopic (exact) mass is 199 g/mol. The fraction of sp³-hybridized carbons (Fsp3) is 0.400. The SMILES string of the molecule is NC1CCOC1c1cc(F)cc(F)c1. The summed E-state index contributed by atoms with van der Waals surface area (Å²) >= 11 is 0. The van der Waals surface area contributed by atoms with Crippen LogP contribution in [0.25, 0.3) is 0 Å². The molecule has 2 atom stereocenters. The Kier molecular flexibility index (Phi) is 2.48. The van der Waals surface area contributed by atoms with Crippen LogP contribution in [0.5, 0.6) is 0 Å². The maximum absolute atomic E-state index is 12.9. The lowest BCUT2D eigenvalue weighted by Gasteiger charge is -2.14. The Bertz CT molecular complexity index is 323. The van der Waals surface area contributed by atoms with Crippen molar-refractivity contribution < 1.29 is 13.5 Å². The molecule has 2 unspecified atom stereocenters. The molecule has 0 radical (unpaired) electrons.